The normalized spacial score (nSPS) is 15.8. The Labute approximate surface area is 152 Å². The van der Waals surface area contributed by atoms with E-state index in [1.54, 1.807) is 6.92 Å². The first kappa shape index (κ1) is 18.2. The van der Waals surface area contributed by atoms with Gasteiger partial charge in [0.25, 0.3) is 0 Å². The fourth-order valence-electron chi connectivity index (χ4n) is 1.81. The third-order valence-corrected chi connectivity index (χ3v) is 4.26. The van der Waals surface area contributed by atoms with Crippen LogP contribution < -0.4 is 4.74 Å². The number of rotatable bonds is 1. The number of nitrogens with zero attached hydrogens (tertiary/aromatic N) is 2. The lowest BCUT2D eigenvalue weighted by Gasteiger charge is -2.26. The number of halogens is 5. The maximum Gasteiger partial charge on any atom is 0.415 e. The Kier molecular flexibility index (Phi) is 5.91. The molecule has 5 nitrogen and oxygen atoms in total. The first-order valence-corrected chi connectivity index (χ1v) is 8.08. The number of aryl methyl sites for hydroxylation is 1. The van der Waals surface area contributed by atoms with E-state index in [-0.39, 0.29) is 21.5 Å². The molecular weight excluding hydrogens is 397 g/mol. The Bertz CT molecular complexity index is 585. The van der Waals surface area contributed by atoms with Gasteiger partial charge in [-0.1, -0.05) is 58.0 Å². The molecule has 0 atom stereocenters. The number of hydrogen-bond acceptors (Lipinski definition) is 4. The Morgan fingerprint density at radius 2 is 1.82 bits per heavy atom. The Hall–Kier alpha value is -0.170. The summed E-state index contributed by atoms with van der Waals surface area (Å²) in [6.45, 7) is 3.28. The molecule has 0 unspecified atom stereocenters. The summed E-state index contributed by atoms with van der Waals surface area (Å²) in [7, 11) is 0. The molecule has 0 spiro atoms. The van der Waals surface area contributed by atoms with E-state index in [4.69, 9.17) is 67.5 Å². The van der Waals surface area contributed by atoms with Crippen molar-refractivity contribution in [2.45, 2.75) is 10.7 Å². The molecule has 2 heterocycles. The Balaban J connectivity index is 2.33. The molecule has 0 saturated carbocycles. The summed E-state index contributed by atoms with van der Waals surface area (Å²) < 4.78 is 8.58. The predicted octanol–water partition coefficient (Wildman–Crippen LogP) is 4.35. The number of alkyl halides is 3. The molecule has 1 amide bonds. The van der Waals surface area contributed by atoms with Crippen LogP contribution in [0.3, 0.4) is 0 Å². The van der Waals surface area contributed by atoms with E-state index >= 15 is 0 Å². The number of aromatic nitrogens is 1. The Morgan fingerprint density at radius 3 is 2.36 bits per heavy atom. The lowest BCUT2D eigenvalue weighted by Crippen LogP contribution is -2.42. The average molecular weight is 408 g/mol. The van der Waals surface area contributed by atoms with Crippen molar-refractivity contribution in [1.82, 2.24) is 9.88 Å². The van der Waals surface area contributed by atoms with Crippen molar-refractivity contribution < 1.29 is 14.3 Å². The fraction of sp³-hybridized carbons (Fsp3) is 0.500. The van der Waals surface area contributed by atoms with Gasteiger partial charge in [-0.15, -0.1) is 0 Å². The minimum atomic E-state index is -1.87. The standard InChI is InChI=1S/C12H11Cl5N2O3/c1-6-7(13)9(8(14)10(18-6)12(15,16)17)22-11(20)19-2-4-21-5-3-19/h2-5H2,1H3. The van der Waals surface area contributed by atoms with Crippen molar-refractivity contribution in [1.29, 1.82) is 0 Å². The maximum absolute atomic E-state index is 12.2. The number of hydrogen-bond donors (Lipinski definition) is 0. The van der Waals surface area contributed by atoms with Gasteiger partial charge < -0.3 is 14.4 Å². The SMILES string of the molecule is Cc1nc(C(Cl)(Cl)Cl)c(Cl)c(OC(=O)N2CCOCC2)c1Cl. The number of ether oxygens (including phenoxy) is 2. The average Bonchev–Trinajstić information content (AvgIpc) is 2.47. The summed E-state index contributed by atoms with van der Waals surface area (Å²) in [5.74, 6) is -0.0753. The van der Waals surface area contributed by atoms with Gasteiger partial charge in [0.2, 0.25) is 3.79 Å². The van der Waals surface area contributed by atoms with Gasteiger partial charge in [0.1, 0.15) is 15.7 Å². The highest BCUT2D eigenvalue weighted by Gasteiger charge is 2.33. The van der Waals surface area contributed by atoms with Crippen LogP contribution in [0.1, 0.15) is 11.4 Å². The van der Waals surface area contributed by atoms with Gasteiger partial charge in [-0.05, 0) is 6.92 Å². The van der Waals surface area contributed by atoms with Crippen molar-refractivity contribution in [2.24, 2.45) is 0 Å². The number of pyridine rings is 1. The second-order valence-electron chi connectivity index (χ2n) is 4.47. The van der Waals surface area contributed by atoms with Crippen molar-refractivity contribution in [3.8, 4) is 5.75 Å². The first-order chi connectivity index (χ1) is 10.2. The van der Waals surface area contributed by atoms with Gasteiger partial charge in [0.05, 0.1) is 18.9 Å². The van der Waals surface area contributed by atoms with Crippen LogP contribution in [0.25, 0.3) is 0 Å². The number of carbonyl (C=O) groups is 1. The van der Waals surface area contributed by atoms with Crippen molar-refractivity contribution in [3.63, 3.8) is 0 Å². The molecular formula is C12H11Cl5N2O3. The van der Waals surface area contributed by atoms with E-state index in [0.29, 0.717) is 32.0 Å². The van der Waals surface area contributed by atoms with Crippen LogP contribution in [0.5, 0.6) is 5.75 Å². The molecule has 1 fully saturated rings. The number of carbonyl (C=O) groups excluding carboxylic acids is 1. The van der Waals surface area contributed by atoms with Gasteiger partial charge >= 0.3 is 6.09 Å². The Morgan fingerprint density at radius 1 is 1.23 bits per heavy atom. The summed E-state index contributed by atoms with van der Waals surface area (Å²) in [5.41, 5.74) is 0.281. The summed E-state index contributed by atoms with van der Waals surface area (Å²) in [5, 5.41) is -0.0261. The molecule has 0 N–H and O–H groups in total. The summed E-state index contributed by atoms with van der Waals surface area (Å²) in [6, 6.07) is 0. The van der Waals surface area contributed by atoms with Gasteiger partial charge in [-0.2, -0.15) is 0 Å². The van der Waals surface area contributed by atoms with E-state index in [1.807, 2.05) is 0 Å². The number of morpholine rings is 1. The van der Waals surface area contributed by atoms with Crippen molar-refractivity contribution in [3.05, 3.63) is 21.4 Å². The lowest BCUT2D eigenvalue weighted by atomic mass is 10.3. The van der Waals surface area contributed by atoms with Crippen LogP contribution in [-0.4, -0.2) is 42.3 Å². The molecule has 1 aliphatic rings. The first-order valence-electron chi connectivity index (χ1n) is 6.19. The molecule has 0 aliphatic carbocycles. The zero-order chi connectivity index (χ0) is 16.5. The zero-order valence-corrected chi connectivity index (χ0v) is 15.1. The summed E-state index contributed by atoms with van der Waals surface area (Å²) in [6.07, 6.45) is -0.604. The van der Waals surface area contributed by atoms with E-state index in [1.165, 1.54) is 4.90 Å². The quantitative estimate of drug-likeness (QED) is 0.648. The lowest BCUT2D eigenvalue weighted by molar-refractivity contribution is 0.0416. The molecule has 122 valence electrons. The molecule has 10 heteroatoms. The highest BCUT2D eigenvalue weighted by atomic mass is 35.6. The van der Waals surface area contributed by atoms with Gasteiger partial charge in [-0.3, -0.25) is 4.98 Å². The van der Waals surface area contributed by atoms with Crippen molar-refractivity contribution in [2.75, 3.05) is 26.3 Å². The summed E-state index contributed by atoms with van der Waals surface area (Å²) in [4.78, 5) is 17.7. The van der Waals surface area contributed by atoms with E-state index in [0.717, 1.165) is 0 Å². The maximum atomic E-state index is 12.2. The molecule has 1 aromatic rings. The van der Waals surface area contributed by atoms with E-state index < -0.39 is 9.89 Å². The van der Waals surface area contributed by atoms with E-state index in [2.05, 4.69) is 4.98 Å². The number of amides is 1. The smallest absolute Gasteiger partial charge is 0.407 e. The summed E-state index contributed by atoms with van der Waals surface area (Å²) >= 11 is 29.7. The van der Waals surface area contributed by atoms with Crippen LogP contribution >= 0.6 is 58.0 Å². The molecule has 0 radical (unpaired) electrons. The zero-order valence-electron chi connectivity index (χ0n) is 11.3. The minimum absolute atomic E-state index is 0.0501. The highest BCUT2D eigenvalue weighted by Crippen LogP contribution is 2.46. The van der Waals surface area contributed by atoms with Crippen LogP contribution in [0.15, 0.2) is 0 Å². The third kappa shape index (κ3) is 4.02. The monoisotopic (exact) mass is 406 g/mol. The van der Waals surface area contributed by atoms with Crippen LogP contribution in [0, 0.1) is 6.92 Å². The van der Waals surface area contributed by atoms with Crippen LogP contribution in [0.4, 0.5) is 4.79 Å². The van der Waals surface area contributed by atoms with Crippen LogP contribution in [-0.2, 0) is 8.53 Å². The molecule has 1 aromatic heterocycles. The minimum Gasteiger partial charge on any atom is -0.407 e. The third-order valence-electron chi connectivity index (χ3n) is 2.93. The van der Waals surface area contributed by atoms with Gasteiger partial charge in [-0.25, -0.2) is 4.79 Å². The molecule has 22 heavy (non-hydrogen) atoms. The van der Waals surface area contributed by atoms with Crippen LogP contribution in [0.2, 0.25) is 10.0 Å². The second-order valence-corrected chi connectivity index (χ2v) is 7.51. The topological polar surface area (TPSA) is 51.7 Å². The van der Waals surface area contributed by atoms with Crippen molar-refractivity contribution >= 4 is 64.1 Å². The molecule has 0 aromatic carbocycles. The molecule has 2 rings (SSSR count). The molecule has 0 bridgehead atoms. The molecule has 1 aliphatic heterocycles. The molecule has 1 saturated heterocycles. The largest absolute Gasteiger partial charge is 0.415 e. The van der Waals surface area contributed by atoms with Gasteiger partial charge in [0.15, 0.2) is 5.75 Å². The predicted molar refractivity (Wildman–Crippen MR) is 86.6 cm³/mol. The van der Waals surface area contributed by atoms with Gasteiger partial charge in [0, 0.05) is 13.1 Å². The fourth-order valence-corrected chi connectivity index (χ4v) is 2.91. The second kappa shape index (κ2) is 7.16. The van der Waals surface area contributed by atoms with E-state index in [9.17, 15) is 4.79 Å². The highest BCUT2D eigenvalue weighted by molar-refractivity contribution is 6.67.